The lowest BCUT2D eigenvalue weighted by Gasteiger charge is -2.37. The molecular weight excluding hydrogens is 208 g/mol. The third kappa shape index (κ3) is 2.68. The minimum atomic E-state index is 0.275. The van der Waals surface area contributed by atoms with Crippen LogP contribution in [0.15, 0.2) is 18.2 Å². The van der Waals surface area contributed by atoms with E-state index in [9.17, 15) is 0 Å². The number of piperidine rings is 1. The lowest BCUT2D eigenvalue weighted by molar-refractivity contribution is 0.196. The Labute approximate surface area is 105 Å². The zero-order valence-corrected chi connectivity index (χ0v) is 11.5. The lowest BCUT2D eigenvalue weighted by atomic mass is 9.77. The number of nitrogens with zero attached hydrogens (tertiary/aromatic N) is 2. The van der Waals surface area contributed by atoms with E-state index in [1.54, 1.807) is 0 Å². The second-order valence-electron chi connectivity index (χ2n) is 5.97. The van der Waals surface area contributed by atoms with Gasteiger partial charge in [0.25, 0.3) is 0 Å². The first-order valence-corrected chi connectivity index (χ1v) is 6.67. The zero-order chi connectivity index (χ0) is 12.5. The molecule has 1 aliphatic heterocycles. The Morgan fingerprint density at radius 1 is 1.24 bits per heavy atom. The third-order valence-corrected chi connectivity index (χ3v) is 4.07. The van der Waals surface area contributed by atoms with Crippen molar-refractivity contribution >= 4 is 0 Å². The molecule has 2 heterocycles. The Hall–Kier alpha value is -0.890. The number of rotatable bonds is 2. The molecule has 1 aliphatic rings. The molecule has 0 saturated carbocycles. The first kappa shape index (κ1) is 12.6. The SMILES string of the molecule is CC(C)c1cccc(C2(C)CCN(C)CC2)n1. The van der Waals surface area contributed by atoms with E-state index in [4.69, 9.17) is 4.98 Å². The van der Waals surface area contributed by atoms with E-state index >= 15 is 0 Å². The van der Waals surface area contributed by atoms with Gasteiger partial charge in [-0.3, -0.25) is 4.98 Å². The van der Waals surface area contributed by atoms with Crippen LogP contribution in [0.1, 0.15) is 50.9 Å². The van der Waals surface area contributed by atoms with E-state index in [-0.39, 0.29) is 5.41 Å². The summed E-state index contributed by atoms with van der Waals surface area (Å²) in [6.45, 7) is 9.16. The van der Waals surface area contributed by atoms with Crippen LogP contribution >= 0.6 is 0 Å². The summed E-state index contributed by atoms with van der Waals surface area (Å²) in [4.78, 5) is 7.28. The van der Waals surface area contributed by atoms with Gasteiger partial charge in [0.15, 0.2) is 0 Å². The molecule has 2 heteroatoms. The Morgan fingerprint density at radius 2 is 1.88 bits per heavy atom. The molecule has 0 aliphatic carbocycles. The van der Waals surface area contributed by atoms with Crippen LogP contribution in [0.5, 0.6) is 0 Å². The van der Waals surface area contributed by atoms with Gasteiger partial charge in [0.2, 0.25) is 0 Å². The number of likely N-dealkylation sites (tertiary alicyclic amines) is 1. The highest BCUT2D eigenvalue weighted by Gasteiger charge is 2.31. The van der Waals surface area contributed by atoms with E-state index in [0.29, 0.717) is 5.92 Å². The summed E-state index contributed by atoms with van der Waals surface area (Å²) >= 11 is 0. The van der Waals surface area contributed by atoms with Crippen molar-refractivity contribution in [2.45, 2.75) is 44.9 Å². The van der Waals surface area contributed by atoms with Gasteiger partial charge in [0.05, 0.1) is 0 Å². The van der Waals surface area contributed by atoms with E-state index < -0.39 is 0 Å². The first-order valence-electron chi connectivity index (χ1n) is 6.67. The molecule has 0 unspecified atom stereocenters. The zero-order valence-electron chi connectivity index (χ0n) is 11.5. The molecule has 2 nitrogen and oxygen atoms in total. The molecule has 0 amide bonds. The molecule has 0 bridgehead atoms. The average molecular weight is 232 g/mol. The highest BCUT2D eigenvalue weighted by atomic mass is 15.1. The predicted octanol–water partition coefficient (Wildman–Crippen LogP) is 3.19. The van der Waals surface area contributed by atoms with Gasteiger partial charge in [-0.2, -0.15) is 0 Å². The largest absolute Gasteiger partial charge is 0.306 e. The van der Waals surface area contributed by atoms with Crippen molar-refractivity contribution in [3.8, 4) is 0 Å². The molecule has 1 saturated heterocycles. The van der Waals surface area contributed by atoms with Crippen molar-refractivity contribution in [3.05, 3.63) is 29.6 Å². The summed E-state index contributed by atoms with van der Waals surface area (Å²) in [6.07, 6.45) is 2.44. The Morgan fingerprint density at radius 3 is 2.47 bits per heavy atom. The van der Waals surface area contributed by atoms with Crippen LogP contribution in [-0.2, 0) is 5.41 Å². The highest BCUT2D eigenvalue weighted by molar-refractivity contribution is 5.21. The summed E-state index contributed by atoms with van der Waals surface area (Å²) in [5, 5.41) is 0. The second-order valence-corrected chi connectivity index (χ2v) is 5.97. The van der Waals surface area contributed by atoms with Crippen molar-refractivity contribution in [2.24, 2.45) is 0 Å². The fraction of sp³-hybridized carbons (Fsp3) is 0.667. The Kier molecular flexibility index (Phi) is 3.53. The molecule has 1 aromatic rings. The van der Waals surface area contributed by atoms with Crippen LogP contribution < -0.4 is 0 Å². The smallest absolute Gasteiger partial charge is 0.0466 e. The molecule has 0 N–H and O–H groups in total. The summed E-state index contributed by atoms with van der Waals surface area (Å²) in [5.41, 5.74) is 2.79. The molecule has 0 atom stereocenters. The maximum absolute atomic E-state index is 4.87. The van der Waals surface area contributed by atoms with Crippen LogP contribution in [0.3, 0.4) is 0 Å². The topological polar surface area (TPSA) is 16.1 Å². The maximum atomic E-state index is 4.87. The van der Waals surface area contributed by atoms with Crippen LogP contribution in [0.25, 0.3) is 0 Å². The molecular formula is C15H24N2. The fourth-order valence-corrected chi connectivity index (χ4v) is 2.48. The maximum Gasteiger partial charge on any atom is 0.0466 e. The number of hydrogen-bond donors (Lipinski definition) is 0. The number of hydrogen-bond acceptors (Lipinski definition) is 2. The predicted molar refractivity (Wildman–Crippen MR) is 72.4 cm³/mol. The molecule has 94 valence electrons. The summed E-state index contributed by atoms with van der Waals surface area (Å²) in [6, 6.07) is 6.52. The van der Waals surface area contributed by atoms with Crippen molar-refractivity contribution in [2.75, 3.05) is 20.1 Å². The second kappa shape index (κ2) is 4.77. The monoisotopic (exact) mass is 232 g/mol. The normalized spacial score (nSPS) is 20.8. The van der Waals surface area contributed by atoms with Gasteiger partial charge in [0, 0.05) is 16.8 Å². The lowest BCUT2D eigenvalue weighted by Crippen LogP contribution is -2.39. The molecule has 0 radical (unpaired) electrons. The standard InChI is InChI=1S/C15H24N2/c1-12(2)13-6-5-7-14(16-13)15(3)8-10-17(4)11-9-15/h5-7,12H,8-11H2,1-4H3. The molecule has 17 heavy (non-hydrogen) atoms. The molecule has 0 spiro atoms. The van der Waals surface area contributed by atoms with Gasteiger partial charge in [-0.25, -0.2) is 0 Å². The van der Waals surface area contributed by atoms with Crippen LogP contribution in [0, 0.1) is 0 Å². The van der Waals surface area contributed by atoms with E-state index in [2.05, 4.69) is 50.9 Å². The van der Waals surface area contributed by atoms with Crippen molar-refractivity contribution < 1.29 is 0 Å². The quantitative estimate of drug-likeness (QED) is 0.778. The Balaban J connectivity index is 2.24. The Bertz CT molecular complexity index is 376. The summed E-state index contributed by atoms with van der Waals surface area (Å²) in [5.74, 6) is 0.518. The third-order valence-electron chi connectivity index (χ3n) is 4.07. The van der Waals surface area contributed by atoms with Gasteiger partial charge in [-0.1, -0.05) is 26.8 Å². The highest BCUT2D eigenvalue weighted by Crippen LogP contribution is 2.33. The van der Waals surface area contributed by atoms with E-state index in [1.165, 1.54) is 37.3 Å². The van der Waals surface area contributed by atoms with Crippen LogP contribution in [0.4, 0.5) is 0 Å². The fourth-order valence-electron chi connectivity index (χ4n) is 2.48. The van der Waals surface area contributed by atoms with Crippen molar-refractivity contribution in [1.29, 1.82) is 0 Å². The number of pyridine rings is 1. The summed E-state index contributed by atoms with van der Waals surface area (Å²) < 4.78 is 0. The van der Waals surface area contributed by atoms with E-state index in [1.807, 2.05) is 0 Å². The van der Waals surface area contributed by atoms with Gasteiger partial charge in [-0.05, 0) is 51.0 Å². The molecule has 1 aromatic heterocycles. The average Bonchev–Trinajstić information content (AvgIpc) is 2.33. The van der Waals surface area contributed by atoms with Gasteiger partial charge in [-0.15, -0.1) is 0 Å². The van der Waals surface area contributed by atoms with Gasteiger partial charge in [0.1, 0.15) is 0 Å². The van der Waals surface area contributed by atoms with Crippen LogP contribution in [-0.4, -0.2) is 30.0 Å². The molecule has 1 fully saturated rings. The van der Waals surface area contributed by atoms with Gasteiger partial charge < -0.3 is 4.90 Å². The molecule has 2 rings (SSSR count). The first-order chi connectivity index (χ1) is 8.01. The minimum Gasteiger partial charge on any atom is -0.306 e. The van der Waals surface area contributed by atoms with Crippen molar-refractivity contribution in [1.82, 2.24) is 9.88 Å². The number of aromatic nitrogens is 1. The summed E-state index contributed by atoms with van der Waals surface area (Å²) in [7, 11) is 2.21. The van der Waals surface area contributed by atoms with Gasteiger partial charge >= 0.3 is 0 Å². The minimum absolute atomic E-state index is 0.275. The molecule has 0 aromatic carbocycles. The van der Waals surface area contributed by atoms with Crippen LogP contribution in [0.2, 0.25) is 0 Å². The van der Waals surface area contributed by atoms with Crippen molar-refractivity contribution in [3.63, 3.8) is 0 Å². The van der Waals surface area contributed by atoms with E-state index in [0.717, 1.165) is 0 Å².